The lowest BCUT2D eigenvalue weighted by Crippen LogP contribution is -2.28. The number of amides is 2. The van der Waals surface area contributed by atoms with Crippen molar-refractivity contribution in [3.63, 3.8) is 0 Å². The smallest absolute Gasteiger partial charge is 0.229 e. The number of nitrogens with one attached hydrogen (secondary N) is 1. The fourth-order valence-electron chi connectivity index (χ4n) is 2.67. The lowest BCUT2D eigenvalue weighted by Gasteiger charge is -2.17. The lowest BCUT2D eigenvalue weighted by atomic mass is 10.1. The summed E-state index contributed by atoms with van der Waals surface area (Å²) in [4.78, 5) is 26.1. The largest absolute Gasteiger partial charge is 0.497 e. The Labute approximate surface area is 139 Å². The summed E-state index contributed by atoms with van der Waals surface area (Å²) in [6, 6.07) is 12.7. The molecule has 1 fully saturated rings. The quantitative estimate of drug-likeness (QED) is 0.939. The van der Waals surface area contributed by atoms with Gasteiger partial charge >= 0.3 is 0 Å². The standard InChI is InChI=1S/C18H17FN2O3/c1-24-16-8-6-15(7-9-16)21-11-12(10-17(21)22)18(23)20-14-4-2-13(19)3-5-14/h2-9,12H,10-11H2,1H3,(H,20,23)/t12-/m0/s1. The maximum atomic E-state index is 12.9. The molecule has 0 bridgehead atoms. The molecule has 2 aromatic rings. The van der Waals surface area contributed by atoms with Crippen molar-refractivity contribution in [3.05, 3.63) is 54.3 Å². The van der Waals surface area contributed by atoms with Crippen molar-refractivity contribution in [3.8, 4) is 5.75 Å². The van der Waals surface area contributed by atoms with Crippen LogP contribution in [0.4, 0.5) is 15.8 Å². The zero-order chi connectivity index (χ0) is 17.1. The first kappa shape index (κ1) is 16.0. The number of anilines is 2. The molecule has 2 aromatic carbocycles. The van der Waals surface area contributed by atoms with Gasteiger partial charge in [0.15, 0.2) is 0 Å². The third kappa shape index (κ3) is 3.37. The summed E-state index contributed by atoms with van der Waals surface area (Å²) in [5.74, 6) is -0.444. The van der Waals surface area contributed by atoms with Crippen LogP contribution in [0, 0.1) is 11.7 Å². The number of benzene rings is 2. The van der Waals surface area contributed by atoms with E-state index < -0.39 is 5.92 Å². The van der Waals surface area contributed by atoms with Crippen LogP contribution >= 0.6 is 0 Å². The molecule has 1 N–H and O–H groups in total. The predicted molar refractivity (Wildman–Crippen MR) is 88.5 cm³/mol. The van der Waals surface area contributed by atoms with Gasteiger partial charge in [-0.05, 0) is 48.5 Å². The van der Waals surface area contributed by atoms with Crippen LogP contribution in [0.15, 0.2) is 48.5 Å². The number of carbonyl (C=O) groups excluding carboxylic acids is 2. The van der Waals surface area contributed by atoms with Gasteiger partial charge in [0.2, 0.25) is 11.8 Å². The Hall–Kier alpha value is -2.89. The van der Waals surface area contributed by atoms with E-state index in [1.807, 2.05) is 0 Å². The van der Waals surface area contributed by atoms with Crippen LogP contribution in [0.3, 0.4) is 0 Å². The number of ether oxygens (including phenoxy) is 1. The van der Waals surface area contributed by atoms with Gasteiger partial charge in [-0.1, -0.05) is 0 Å². The number of halogens is 1. The molecule has 0 radical (unpaired) electrons. The van der Waals surface area contributed by atoms with Crippen LogP contribution in [-0.2, 0) is 9.59 Å². The number of hydrogen-bond acceptors (Lipinski definition) is 3. The van der Waals surface area contributed by atoms with Crippen LogP contribution in [0.25, 0.3) is 0 Å². The van der Waals surface area contributed by atoms with E-state index in [1.165, 1.54) is 24.3 Å². The van der Waals surface area contributed by atoms with Crippen LogP contribution in [0.2, 0.25) is 0 Å². The number of nitrogens with zero attached hydrogens (tertiary/aromatic N) is 1. The SMILES string of the molecule is COc1ccc(N2C[C@@H](C(=O)Nc3ccc(F)cc3)CC2=O)cc1. The van der Waals surface area contributed by atoms with Crippen molar-refractivity contribution >= 4 is 23.2 Å². The fourth-order valence-corrected chi connectivity index (χ4v) is 2.67. The molecule has 1 atom stereocenters. The molecular formula is C18H17FN2O3. The maximum Gasteiger partial charge on any atom is 0.229 e. The highest BCUT2D eigenvalue weighted by atomic mass is 19.1. The van der Waals surface area contributed by atoms with Crippen molar-refractivity contribution in [1.82, 2.24) is 0 Å². The van der Waals surface area contributed by atoms with Gasteiger partial charge in [0.1, 0.15) is 11.6 Å². The van der Waals surface area contributed by atoms with Crippen LogP contribution in [0.1, 0.15) is 6.42 Å². The van der Waals surface area contributed by atoms with E-state index in [-0.39, 0.29) is 24.1 Å². The Morgan fingerprint density at radius 3 is 2.46 bits per heavy atom. The molecule has 1 heterocycles. The summed E-state index contributed by atoms with van der Waals surface area (Å²) in [7, 11) is 1.58. The summed E-state index contributed by atoms with van der Waals surface area (Å²) in [6.07, 6.45) is 0.152. The van der Waals surface area contributed by atoms with Gasteiger partial charge < -0.3 is 15.0 Å². The molecule has 5 nitrogen and oxygen atoms in total. The molecule has 0 aliphatic carbocycles. The van der Waals surface area contributed by atoms with Crippen LogP contribution < -0.4 is 15.0 Å². The molecule has 0 aromatic heterocycles. The second-order valence-electron chi connectivity index (χ2n) is 5.60. The highest BCUT2D eigenvalue weighted by Crippen LogP contribution is 2.27. The first-order valence-electron chi connectivity index (χ1n) is 7.57. The predicted octanol–water partition coefficient (Wildman–Crippen LogP) is 2.83. The number of methoxy groups -OCH3 is 1. The lowest BCUT2D eigenvalue weighted by molar-refractivity contribution is -0.122. The Morgan fingerprint density at radius 1 is 1.17 bits per heavy atom. The molecule has 24 heavy (non-hydrogen) atoms. The van der Waals surface area contributed by atoms with Crippen LogP contribution in [0.5, 0.6) is 5.75 Å². The van der Waals surface area contributed by atoms with Gasteiger partial charge in [0.25, 0.3) is 0 Å². The van der Waals surface area contributed by atoms with Crippen molar-refractivity contribution in [2.45, 2.75) is 6.42 Å². The molecule has 0 saturated carbocycles. The fraction of sp³-hybridized carbons (Fsp3) is 0.222. The Morgan fingerprint density at radius 2 is 1.83 bits per heavy atom. The summed E-state index contributed by atoms with van der Waals surface area (Å²) >= 11 is 0. The van der Waals surface area contributed by atoms with Crippen molar-refractivity contribution < 1.29 is 18.7 Å². The van der Waals surface area contributed by atoms with Crippen molar-refractivity contribution in [2.75, 3.05) is 23.9 Å². The van der Waals surface area contributed by atoms with E-state index in [1.54, 1.807) is 36.3 Å². The van der Waals surface area contributed by atoms with Gasteiger partial charge in [-0.15, -0.1) is 0 Å². The molecule has 1 aliphatic rings. The van der Waals surface area contributed by atoms with Crippen molar-refractivity contribution in [2.24, 2.45) is 5.92 Å². The number of hydrogen-bond donors (Lipinski definition) is 1. The van der Waals surface area contributed by atoms with E-state index in [4.69, 9.17) is 4.74 Å². The summed E-state index contributed by atoms with van der Waals surface area (Å²) in [5, 5.41) is 2.72. The third-order valence-electron chi connectivity index (χ3n) is 3.99. The minimum Gasteiger partial charge on any atom is -0.497 e. The van der Waals surface area contributed by atoms with E-state index in [0.717, 1.165) is 5.69 Å². The monoisotopic (exact) mass is 328 g/mol. The second-order valence-corrected chi connectivity index (χ2v) is 5.60. The minimum absolute atomic E-state index is 0.0978. The molecular weight excluding hydrogens is 311 g/mol. The van der Waals surface area contributed by atoms with Gasteiger partial charge in [0, 0.05) is 24.3 Å². The molecule has 0 spiro atoms. The third-order valence-corrected chi connectivity index (χ3v) is 3.99. The van der Waals surface area contributed by atoms with E-state index in [2.05, 4.69) is 5.32 Å². The molecule has 1 saturated heterocycles. The molecule has 0 unspecified atom stereocenters. The average molecular weight is 328 g/mol. The normalized spacial score (nSPS) is 17.0. The molecule has 2 amide bonds. The topological polar surface area (TPSA) is 58.6 Å². The minimum atomic E-state index is -0.440. The number of carbonyl (C=O) groups is 2. The molecule has 124 valence electrons. The molecule has 6 heteroatoms. The Bertz CT molecular complexity index is 744. The molecule has 3 rings (SSSR count). The van der Waals surface area contributed by atoms with Crippen LogP contribution in [-0.4, -0.2) is 25.5 Å². The second kappa shape index (κ2) is 6.70. The summed E-state index contributed by atoms with van der Waals surface area (Å²) in [5.41, 5.74) is 1.25. The van der Waals surface area contributed by atoms with E-state index in [9.17, 15) is 14.0 Å². The average Bonchev–Trinajstić information content (AvgIpc) is 2.99. The summed E-state index contributed by atoms with van der Waals surface area (Å²) < 4.78 is 18.0. The maximum absolute atomic E-state index is 12.9. The summed E-state index contributed by atoms with van der Waals surface area (Å²) in [6.45, 7) is 0.318. The van der Waals surface area contributed by atoms with Gasteiger partial charge in [-0.3, -0.25) is 9.59 Å². The Kier molecular flexibility index (Phi) is 4.46. The molecule has 1 aliphatic heterocycles. The number of rotatable bonds is 4. The van der Waals surface area contributed by atoms with E-state index >= 15 is 0 Å². The van der Waals surface area contributed by atoms with Crippen molar-refractivity contribution in [1.29, 1.82) is 0 Å². The zero-order valence-corrected chi connectivity index (χ0v) is 13.2. The first-order valence-corrected chi connectivity index (χ1v) is 7.57. The van der Waals surface area contributed by atoms with Gasteiger partial charge in [-0.2, -0.15) is 0 Å². The Balaban J connectivity index is 1.67. The zero-order valence-electron chi connectivity index (χ0n) is 13.2. The van der Waals surface area contributed by atoms with E-state index in [0.29, 0.717) is 18.0 Å². The first-order chi connectivity index (χ1) is 11.6. The van der Waals surface area contributed by atoms with Gasteiger partial charge in [0.05, 0.1) is 13.0 Å². The highest BCUT2D eigenvalue weighted by Gasteiger charge is 2.35. The highest BCUT2D eigenvalue weighted by molar-refractivity contribution is 6.03. The van der Waals surface area contributed by atoms with Gasteiger partial charge in [-0.25, -0.2) is 4.39 Å².